The molecule has 4 rings (SSSR count). The van der Waals surface area contributed by atoms with Gasteiger partial charge < -0.3 is 19.2 Å². The second-order valence-corrected chi connectivity index (χ2v) is 9.67. The van der Waals surface area contributed by atoms with E-state index in [9.17, 15) is 9.90 Å². The molecule has 0 spiro atoms. The van der Waals surface area contributed by atoms with E-state index in [0.717, 1.165) is 41.5 Å². The molecule has 0 amide bonds. The van der Waals surface area contributed by atoms with Crippen LogP contribution in [0.2, 0.25) is 0 Å². The summed E-state index contributed by atoms with van der Waals surface area (Å²) in [5.41, 5.74) is 2.35. The summed E-state index contributed by atoms with van der Waals surface area (Å²) in [6, 6.07) is 6.69. The van der Waals surface area contributed by atoms with Crippen LogP contribution in [0.15, 0.2) is 18.2 Å². The summed E-state index contributed by atoms with van der Waals surface area (Å²) in [5.74, 6) is 1.09. The number of aromatic nitrogens is 2. The third-order valence-electron chi connectivity index (χ3n) is 6.16. The highest BCUT2D eigenvalue weighted by atomic mass is 16.5. The Bertz CT molecular complexity index is 844. The van der Waals surface area contributed by atoms with Crippen molar-refractivity contribution in [3.63, 3.8) is 0 Å². The average Bonchev–Trinajstić information content (AvgIpc) is 2.88. The van der Waals surface area contributed by atoms with E-state index < -0.39 is 5.60 Å². The molecule has 1 saturated heterocycles. The van der Waals surface area contributed by atoms with Crippen molar-refractivity contribution in [2.45, 2.75) is 103 Å². The summed E-state index contributed by atoms with van der Waals surface area (Å²) < 4.78 is 8.02. The molecule has 2 fully saturated rings. The van der Waals surface area contributed by atoms with E-state index in [1.54, 1.807) is 0 Å². The molecule has 2 aliphatic rings. The first-order chi connectivity index (χ1) is 13.6. The van der Waals surface area contributed by atoms with Gasteiger partial charge in [-0.15, -0.1) is 0 Å². The average molecular weight is 401 g/mol. The molecule has 0 unspecified atom stereocenters. The number of nitrogens with zero attached hydrogens (tertiary/aromatic N) is 2. The van der Waals surface area contributed by atoms with Gasteiger partial charge in [0.15, 0.2) is 0 Å². The van der Waals surface area contributed by atoms with Gasteiger partial charge in [-0.05, 0) is 90.8 Å². The maximum absolute atomic E-state index is 10.2. The highest BCUT2D eigenvalue weighted by molar-refractivity contribution is 5.77. The topological polar surface area (TPSA) is 64.3 Å². The van der Waals surface area contributed by atoms with Gasteiger partial charge in [0, 0.05) is 12.5 Å². The molecule has 160 valence electrons. The van der Waals surface area contributed by atoms with Gasteiger partial charge in [0.1, 0.15) is 12.1 Å². The summed E-state index contributed by atoms with van der Waals surface area (Å²) in [7, 11) is 0. The summed E-state index contributed by atoms with van der Waals surface area (Å²) in [4.78, 5) is 14.8. The summed E-state index contributed by atoms with van der Waals surface area (Å²) >= 11 is 0. The highest BCUT2D eigenvalue weighted by Crippen LogP contribution is 2.36. The zero-order valence-corrected chi connectivity index (χ0v) is 18.6. The van der Waals surface area contributed by atoms with Crippen LogP contribution < -0.4 is 0 Å². The van der Waals surface area contributed by atoms with Crippen LogP contribution in [0.1, 0.15) is 90.1 Å². The molecule has 1 aromatic heterocycles. The van der Waals surface area contributed by atoms with Crippen molar-refractivity contribution in [1.29, 1.82) is 0 Å². The Hall–Kier alpha value is -1.72. The minimum atomic E-state index is -0.795. The van der Waals surface area contributed by atoms with Gasteiger partial charge >= 0.3 is 0 Å². The molecule has 5 heteroatoms. The van der Waals surface area contributed by atoms with Crippen LogP contribution in [0.5, 0.6) is 0 Å². The fourth-order valence-electron chi connectivity index (χ4n) is 4.30. The lowest BCUT2D eigenvalue weighted by molar-refractivity contribution is -0.124. The number of hydrogen-bond acceptors (Lipinski definition) is 4. The third kappa shape index (κ3) is 5.26. The van der Waals surface area contributed by atoms with Gasteiger partial charge in [-0.2, -0.15) is 0 Å². The third-order valence-corrected chi connectivity index (χ3v) is 6.16. The SMILES string of the molecule is CC1(C)CCC[C@@H](CC=O)O1.Cc1nc2ccc(C(C)(C)O)cc2n1C1CCC1. The number of imidazole rings is 1. The van der Waals surface area contributed by atoms with Crippen molar-refractivity contribution in [2.75, 3.05) is 0 Å². The van der Waals surface area contributed by atoms with Crippen LogP contribution in [0, 0.1) is 6.92 Å². The number of hydrogen-bond donors (Lipinski definition) is 1. The Labute approximate surface area is 174 Å². The number of benzene rings is 1. The molecular formula is C24H36N2O3. The highest BCUT2D eigenvalue weighted by Gasteiger charge is 2.28. The van der Waals surface area contributed by atoms with Crippen molar-refractivity contribution in [3.05, 3.63) is 29.6 Å². The lowest BCUT2D eigenvalue weighted by atomic mass is 9.92. The molecule has 1 aromatic carbocycles. The molecule has 1 aliphatic heterocycles. The molecule has 1 saturated carbocycles. The number of carbonyl (C=O) groups is 1. The molecule has 1 N–H and O–H groups in total. The van der Waals surface area contributed by atoms with Crippen molar-refractivity contribution < 1.29 is 14.6 Å². The van der Waals surface area contributed by atoms with E-state index in [-0.39, 0.29) is 11.7 Å². The lowest BCUT2D eigenvalue weighted by Gasteiger charge is -2.35. The summed E-state index contributed by atoms with van der Waals surface area (Å²) in [5, 5.41) is 10.1. The zero-order valence-electron chi connectivity index (χ0n) is 18.6. The molecule has 0 bridgehead atoms. The first-order valence-electron chi connectivity index (χ1n) is 10.9. The monoisotopic (exact) mass is 400 g/mol. The molecular weight excluding hydrogens is 364 g/mol. The first kappa shape index (κ1) is 22.0. The standard InChI is InChI=1S/C15H20N2O.C9H16O2/c1-10-16-13-8-7-11(15(2,3)18)9-14(13)17(10)12-5-4-6-12;1-9(2)6-3-4-8(11-9)5-7-10/h7-9,12,18H,4-6H2,1-3H3;7-8H,3-6H2,1-2H3/t;8-/m.0/s1. The van der Waals surface area contributed by atoms with E-state index in [4.69, 9.17) is 4.74 Å². The van der Waals surface area contributed by atoms with Crippen LogP contribution in [-0.2, 0) is 15.1 Å². The lowest BCUT2D eigenvalue weighted by Crippen LogP contribution is -2.35. The van der Waals surface area contributed by atoms with E-state index in [1.807, 2.05) is 26.0 Å². The number of aryl methyl sites for hydroxylation is 1. The van der Waals surface area contributed by atoms with Crippen LogP contribution in [0.25, 0.3) is 11.0 Å². The maximum atomic E-state index is 10.2. The Morgan fingerprint density at radius 2 is 2.00 bits per heavy atom. The molecule has 1 atom stereocenters. The van der Waals surface area contributed by atoms with Crippen molar-refractivity contribution in [1.82, 2.24) is 9.55 Å². The molecule has 5 nitrogen and oxygen atoms in total. The number of fused-ring (bicyclic) bond motifs is 1. The summed E-state index contributed by atoms with van der Waals surface area (Å²) in [6.07, 6.45) is 8.84. The number of aldehydes is 1. The number of ether oxygens (including phenoxy) is 1. The van der Waals surface area contributed by atoms with Gasteiger partial charge in [0.25, 0.3) is 0 Å². The van der Waals surface area contributed by atoms with Gasteiger partial charge in [0.2, 0.25) is 0 Å². The number of aliphatic hydroxyl groups is 1. The van der Waals surface area contributed by atoms with Gasteiger partial charge in [0.05, 0.1) is 28.3 Å². The number of rotatable bonds is 4. The first-order valence-corrected chi connectivity index (χ1v) is 10.9. The van der Waals surface area contributed by atoms with Crippen molar-refractivity contribution in [3.8, 4) is 0 Å². The predicted octanol–water partition coefficient (Wildman–Crippen LogP) is 5.22. The van der Waals surface area contributed by atoms with E-state index in [0.29, 0.717) is 12.5 Å². The minimum Gasteiger partial charge on any atom is -0.386 e. The van der Waals surface area contributed by atoms with E-state index in [2.05, 4.69) is 36.4 Å². The normalized spacial score (nSPS) is 21.9. The molecule has 2 heterocycles. The molecule has 0 radical (unpaired) electrons. The largest absolute Gasteiger partial charge is 0.386 e. The zero-order chi connectivity index (χ0) is 21.2. The fraction of sp³-hybridized carbons (Fsp3) is 0.667. The predicted molar refractivity (Wildman–Crippen MR) is 116 cm³/mol. The molecule has 29 heavy (non-hydrogen) atoms. The van der Waals surface area contributed by atoms with Gasteiger partial charge in [-0.25, -0.2) is 4.98 Å². The Morgan fingerprint density at radius 1 is 1.28 bits per heavy atom. The quantitative estimate of drug-likeness (QED) is 0.715. The van der Waals surface area contributed by atoms with Crippen LogP contribution in [0.4, 0.5) is 0 Å². The van der Waals surface area contributed by atoms with Crippen LogP contribution >= 0.6 is 0 Å². The van der Waals surface area contributed by atoms with Gasteiger partial charge in [-0.1, -0.05) is 6.07 Å². The number of carbonyl (C=O) groups excluding carboxylic acids is 1. The van der Waals surface area contributed by atoms with Crippen molar-refractivity contribution >= 4 is 17.3 Å². The smallest absolute Gasteiger partial charge is 0.122 e. The summed E-state index contributed by atoms with van der Waals surface area (Å²) in [6.45, 7) is 9.90. The Balaban J connectivity index is 0.000000188. The van der Waals surface area contributed by atoms with Crippen LogP contribution in [-0.4, -0.2) is 32.6 Å². The second kappa shape index (κ2) is 8.57. The fourth-order valence-corrected chi connectivity index (χ4v) is 4.30. The van der Waals surface area contributed by atoms with E-state index >= 15 is 0 Å². The molecule has 2 aromatic rings. The Morgan fingerprint density at radius 3 is 2.55 bits per heavy atom. The van der Waals surface area contributed by atoms with Gasteiger partial charge in [-0.3, -0.25) is 0 Å². The van der Waals surface area contributed by atoms with Crippen LogP contribution in [0.3, 0.4) is 0 Å². The van der Waals surface area contributed by atoms with E-state index in [1.165, 1.54) is 25.7 Å². The second-order valence-electron chi connectivity index (χ2n) is 9.67. The maximum Gasteiger partial charge on any atom is 0.122 e. The molecule has 1 aliphatic carbocycles. The van der Waals surface area contributed by atoms with Crippen molar-refractivity contribution in [2.24, 2.45) is 0 Å². The Kier molecular flexibility index (Phi) is 6.49. The minimum absolute atomic E-state index is 0.00801.